The van der Waals surface area contributed by atoms with Crippen molar-refractivity contribution in [3.05, 3.63) is 26.9 Å². The van der Waals surface area contributed by atoms with Gasteiger partial charge in [0, 0.05) is 6.61 Å². The van der Waals surface area contributed by atoms with Crippen molar-refractivity contribution in [3.63, 3.8) is 0 Å². The fourth-order valence-corrected chi connectivity index (χ4v) is 2.72. The van der Waals surface area contributed by atoms with Gasteiger partial charge >= 0.3 is 0 Å². The smallest absolute Gasteiger partial charge is 0.178 e. The van der Waals surface area contributed by atoms with Crippen molar-refractivity contribution in [1.82, 2.24) is 9.55 Å². The van der Waals surface area contributed by atoms with Gasteiger partial charge in [-0.2, -0.15) is 0 Å². The number of nitrogens with zero attached hydrogens (tertiary/aromatic N) is 1. The van der Waals surface area contributed by atoms with Crippen LogP contribution >= 0.6 is 35.4 Å². The normalized spacial score (nSPS) is 12.3. The van der Waals surface area contributed by atoms with E-state index in [1.807, 2.05) is 31.4 Å². The Balaban J connectivity index is 2.51. The Morgan fingerprint density at radius 1 is 1.32 bits per heavy atom. The maximum atomic E-state index is 6.08. The predicted octanol–water partition coefficient (Wildman–Crippen LogP) is 4.82. The van der Waals surface area contributed by atoms with Gasteiger partial charge in [0.05, 0.1) is 33.2 Å². The molecule has 1 heterocycles. The van der Waals surface area contributed by atoms with Crippen molar-refractivity contribution in [2.24, 2.45) is 0 Å². The number of rotatable bonds is 4. The van der Waals surface area contributed by atoms with E-state index in [1.54, 1.807) is 6.07 Å². The third-order valence-electron chi connectivity index (χ3n) is 2.89. The summed E-state index contributed by atoms with van der Waals surface area (Å²) in [6.45, 7) is 7.36. The number of aromatic nitrogens is 2. The van der Waals surface area contributed by atoms with Crippen LogP contribution in [0.15, 0.2) is 12.1 Å². The second-order valence-corrected chi connectivity index (χ2v) is 6.19. The maximum Gasteiger partial charge on any atom is 0.178 e. The van der Waals surface area contributed by atoms with E-state index in [4.69, 9.17) is 40.2 Å². The third-order valence-corrected chi connectivity index (χ3v) is 3.93. The van der Waals surface area contributed by atoms with Gasteiger partial charge in [-0.15, -0.1) is 0 Å². The minimum Gasteiger partial charge on any atom is -0.374 e. The lowest BCUT2D eigenvalue weighted by molar-refractivity contribution is -0.0219. The number of H-pyrrole nitrogens is 1. The number of fused-ring (bicyclic) bond motifs is 1. The van der Waals surface area contributed by atoms with Crippen LogP contribution in [-0.2, 0) is 11.3 Å². The SMILES string of the molecule is CCOC(C)(C)Cn1c(=S)[nH]c2cc(Cl)c(Cl)cc21. The summed E-state index contributed by atoms with van der Waals surface area (Å²) in [6, 6.07) is 3.62. The van der Waals surface area contributed by atoms with Gasteiger partial charge in [-0.05, 0) is 45.1 Å². The van der Waals surface area contributed by atoms with Gasteiger partial charge in [0.15, 0.2) is 4.77 Å². The second kappa shape index (κ2) is 5.44. The molecule has 1 N–H and O–H groups in total. The standard InChI is InChI=1S/C13H16Cl2N2OS/c1-4-18-13(2,3)7-17-11-6-9(15)8(14)5-10(11)16-12(17)19/h5-6H,4,7H2,1-3H3,(H,16,19). The van der Waals surface area contributed by atoms with Gasteiger partial charge < -0.3 is 14.3 Å². The molecule has 2 rings (SSSR count). The van der Waals surface area contributed by atoms with E-state index < -0.39 is 0 Å². The molecule has 19 heavy (non-hydrogen) atoms. The largest absolute Gasteiger partial charge is 0.374 e. The fourth-order valence-electron chi connectivity index (χ4n) is 2.13. The zero-order valence-electron chi connectivity index (χ0n) is 11.1. The van der Waals surface area contributed by atoms with E-state index in [0.717, 1.165) is 11.0 Å². The monoisotopic (exact) mass is 318 g/mol. The van der Waals surface area contributed by atoms with Gasteiger partial charge in [-0.3, -0.25) is 0 Å². The van der Waals surface area contributed by atoms with E-state index in [2.05, 4.69) is 4.98 Å². The van der Waals surface area contributed by atoms with Gasteiger partial charge in [-0.1, -0.05) is 23.2 Å². The quantitative estimate of drug-likeness (QED) is 0.819. The number of hydrogen-bond acceptors (Lipinski definition) is 2. The number of imidazole rings is 1. The predicted molar refractivity (Wildman–Crippen MR) is 82.8 cm³/mol. The van der Waals surface area contributed by atoms with Crippen molar-refractivity contribution < 1.29 is 4.74 Å². The molecule has 6 heteroatoms. The van der Waals surface area contributed by atoms with Crippen molar-refractivity contribution in [3.8, 4) is 0 Å². The zero-order valence-corrected chi connectivity index (χ0v) is 13.4. The molecule has 0 saturated carbocycles. The Morgan fingerprint density at radius 3 is 2.58 bits per heavy atom. The van der Waals surface area contributed by atoms with Crippen LogP contribution in [0.4, 0.5) is 0 Å². The molecule has 2 aromatic rings. The summed E-state index contributed by atoms with van der Waals surface area (Å²) in [6.07, 6.45) is 0. The first-order chi connectivity index (χ1) is 8.84. The molecule has 0 unspecified atom stereocenters. The highest BCUT2D eigenvalue weighted by molar-refractivity contribution is 7.71. The van der Waals surface area contributed by atoms with Crippen molar-refractivity contribution in [2.45, 2.75) is 32.9 Å². The first kappa shape index (κ1) is 14.9. The molecular weight excluding hydrogens is 303 g/mol. The van der Waals surface area contributed by atoms with E-state index in [0.29, 0.717) is 28.0 Å². The van der Waals surface area contributed by atoms with Crippen LogP contribution in [0, 0.1) is 4.77 Å². The highest BCUT2D eigenvalue weighted by Crippen LogP contribution is 2.28. The fraction of sp³-hybridized carbons (Fsp3) is 0.462. The summed E-state index contributed by atoms with van der Waals surface area (Å²) in [7, 11) is 0. The lowest BCUT2D eigenvalue weighted by Crippen LogP contribution is -2.30. The number of benzene rings is 1. The lowest BCUT2D eigenvalue weighted by atomic mass is 10.1. The molecule has 0 spiro atoms. The number of nitrogens with one attached hydrogen (secondary N) is 1. The highest BCUT2D eigenvalue weighted by atomic mass is 35.5. The third kappa shape index (κ3) is 3.14. The average molecular weight is 319 g/mol. The number of hydrogen-bond donors (Lipinski definition) is 1. The number of aromatic amines is 1. The van der Waals surface area contributed by atoms with Gasteiger partial charge in [0.2, 0.25) is 0 Å². The molecule has 0 aliphatic rings. The molecule has 0 atom stereocenters. The van der Waals surface area contributed by atoms with Crippen LogP contribution < -0.4 is 0 Å². The van der Waals surface area contributed by atoms with Crippen molar-refractivity contribution >= 4 is 46.5 Å². The second-order valence-electron chi connectivity index (χ2n) is 4.99. The van der Waals surface area contributed by atoms with Crippen LogP contribution in [0.3, 0.4) is 0 Å². The molecule has 0 aliphatic carbocycles. The van der Waals surface area contributed by atoms with Crippen LogP contribution in [0.25, 0.3) is 11.0 Å². The van der Waals surface area contributed by atoms with Crippen LogP contribution in [0.1, 0.15) is 20.8 Å². The van der Waals surface area contributed by atoms with Gasteiger partial charge in [0.1, 0.15) is 0 Å². The molecule has 1 aromatic carbocycles. The van der Waals surface area contributed by atoms with Crippen molar-refractivity contribution in [2.75, 3.05) is 6.61 Å². The van der Waals surface area contributed by atoms with Gasteiger partial charge in [0.25, 0.3) is 0 Å². The Morgan fingerprint density at radius 2 is 1.95 bits per heavy atom. The Bertz CT molecular complexity index is 660. The van der Waals surface area contributed by atoms with Crippen molar-refractivity contribution in [1.29, 1.82) is 0 Å². The first-order valence-electron chi connectivity index (χ1n) is 6.05. The summed E-state index contributed by atoms with van der Waals surface area (Å²) in [4.78, 5) is 3.14. The summed E-state index contributed by atoms with van der Waals surface area (Å²) in [5.41, 5.74) is 1.52. The van der Waals surface area contributed by atoms with E-state index in [1.165, 1.54) is 0 Å². The molecule has 3 nitrogen and oxygen atoms in total. The van der Waals surface area contributed by atoms with E-state index in [9.17, 15) is 0 Å². The Hall–Kier alpha value is -0.550. The molecule has 0 fully saturated rings. The molecule has 0 aliphatic heterocycles. The van der Waals surface area contributed by atoms with Crippen LogP contribution in [0.2, 0.25) is 10.0 Å². The molecular formula is C13H16Cl2N2OS. The first-order valence-corrected chi connectivity index (χ1v) is 7.22. The zero-order chi connectivity index (χ0) is 14.2. The van der Waals surface area contributed by atoms with Crippen LogP contribution in [0.5, 0.6) is 0 Å². The minimum atomic E-state index is -0.297. The summed E-state index contributed by atoms with van der Waals surface area (Å²) < 4.78 is 8.35. The summed E-state index contributed by atoms with van der Waals surface area (Å²) in [5, 5.41) is 1.03. The number of halogens is 2. The van der Waals surface area contributed by atoms with E-state index >= 15 is 0 Å². The van der Waals surface area contributed by atoms with Crippen LogP contribution in [-0.4, -0.2) is 21.8 Å². The molecule has 0 radical (unpaired) electrons. The molecule has 0 saturated heterocycles. The van der Waals surface area contributed by atoms with Gasteiger partial charge in [-0.25, -0.2) is 0 Å². The average Bonchev–Trinajstić information content (AvgIpc) is 2.56. The molecule has 0 bridgehead atoms. The lowest BCUT2D eigenvalue weighted by Gasteiger charge is -2.25. The van der Waals surface area contributed by atoms with E-state index in [-0.39, 0.29) is 5.60 Å². The Labute approximate surface area is 127 Å². The molecule has 1 aromatic heterocycles. The topological polar surface area (TPSA) is 29.9 Å². The maximum absolute atomic E-state index is 6.08. The Kier molecular flexibility index (Phi) is 4.26. The molecule has 0 amide bonds. The number of ether oxygens (including phenoxy) is 1. The highest BCUT2D eigenvalue weighted by Gasteiger charge is 2.20. The summed E-state index contributed by atoms with van der Waals surface area (Å²) >= 11 is 17.4. The minimum absolute atomic E-state index is 0.297. The molecule has 104 valence electrons. The summed E-state index contributed by atoms with van der Waals surface area (Å²) in [5.74, 6) is 0.